The topological polar surface area (TPSA) is 66.0 Å². The fourth-order valence-electron chi connectivity index (χ4n) is 3.60. The molecule has 1 saturated heterocycles. The van der Waals surface area contributed by atoms with E-state index in [1.165, 1.54) is 5.56 Å². The molecule has 1 aliphatic heterocycles. The first kappa shape index (κ1) is 23.2. The Morgan fingerprint density at radius 3 is 2.59 bits per heavy atom. The van der Waals surface area contributed by atoms with Crippen LogP contribution in [0.3, 0.4) is 0 Å². The van der Waals surface area contributed by atoms with Crippen LogP contribution < -0.4 is 10.6 Å². The van der Waals surface area contributed by atoms with Crippen molar-refractivity contribution in [2.75, 3.05) is 45.9 Å². The van der Waals surface area contributed by atoms with Crippen molar-refractivity contribution in [1.82, 2.24) is 15.5 Å². The van der Waals surface area contributed by atoms with Gasteiger partial charge in [0.1, 0.15) is 6.54 Å². The number of hydrogen-bond donors (Lipinski definition) is 2. The van der Waals surface area contributed by atoms with Gasteiger partial charge in [0.05, 0.1) is 0 Å². The van der Waals surface area contributed by atoms with Crippen LogP contribution >= 0.6 is 0 Å². The number of ether oxygens (including phenoxy) is 1. The van der Waals surface area contributed by atoms with Crippen molar-refractivity contribution >= 4 is 11.9 Å². The summed E-state index contributed by atoms with van der Waals surface area (Å²) in [5, 5.41) is 6.52. The van der Waals surface area contributed by atoms with Crippen LogP contribution in [0.15, 0.2) is 35.3 Å². The Balaban J connectivity index is 1.69. The number of aliphatic imine (C=N–C) groups is 1. The van der Waals surface area contributed by atoms with E-state index in [-0.39, 0.29) is 12.5 Å². The lowest BCUT2D eigenvalue weighted by atomic mass is 9.90. The van der Waals surface area contributed by atoms with Gasteiger partial charge in [-0.05, 0) is 57.4 Å². The van der Waals surface area contributed by atoms with Crippen LogP contribution in [-0.4, -0.2) is 62.7 Å². The van der Waals surface area contributed by atoms with Crippen LogP contribution in [-0.2, 0) is 16.0 Å². The molecule has 6 heteroatoms. The average Bonchev–Trinajstić information content (AvgIpc) is 2.75. The lowest BCUT2D eigenvalue weighted by molar-refractivity contribution is -0.130. The summed E-state index contributed by atoms with van der Waals surface area (Å²) in [6, 6.07) is 10.6. The van der Waals surface area contributed by atoms with Crippen LogP contribution in [0.5, 0.6) is 0 Å². The number of nitrogens with zero attached hydrogens (tertiary/aromatic N) is 2. The number of benzene rings is 1. The normalized spacial score (nSPS) is 15.4. The monoisotopic (exact) mass is 402 g/mol. The molecule has 1 fully saturated rings. The first-order valence-corrected chi connectivity index (χ1v) is 11.1. The van der Waals surface area contributed by atoms with Crippen molar-refractivity contribution in [3.63, 3.8) is 0 Å². The Labute approximate surface area is 176 Å². The smallest absolute Gasteiger partial charge is 0.244 e. The molecule has 29 heavy (non-hydrogen) atoms. The van der Waals surface area contributed by atoms with Gasteiger partial charge in [-0.25, -0.2) is 4.99 Å². The molecule has 2 N–H and O–H groups in total. The molecule has 1 heterocycles. The molecule has 0 saturated carbocycles. The Morgan fingerprint density at radius 1 is 1.14 bits per heavy atom. The predicted molar refractivity (Wildman–Crippen MR) is 119 cm³/mol. The van der Waals surface area contributed by atoms with Gasteiger partial charge >= 0.3 is 0 Å². The number of unbranched alkanes of at least 4 members (excludes halogenated alkanes) is 1. The molecular weight excluding hydrogens is 364 g/mol. The Hall–Kier alpha value is -2.08. The molecule has 0 radical (unpaired) electrons. The van der Waals surface area contributed by atoms with E-state index in [9.17, 15) is 4.79 Å². The highest BCUT2D eigenvalue weighted by molar-refractivity contribution is 5.85. The predicted octanol–water partition coefficient (Wildman–Crippen LogP) is 2.84. The van der Waals surface area contributed by atoms with Crippen molar-refractivity contribution in [2.45, 2.75) is 46.0 Å². The van der Waals surface area contributed by atoms with E-state index in [4.69, 9.17) is 4.74 Å². The highest BCUT2D eigenvalue weighted by Gasteiger charge is 2.22. The second-order valence-electron chi connectivity index (χ2n) is 7.54. The summed E-state index contributed by atoms with van der Waals surface area (Å²) in [6.45, 7) is 9.11. The molecule has 1 aromatic rings. The largest absolute Gasteiger partial charge is 0.382 e. The number of piperidine rings is 1. The first-order valence-electron chi connectivity index (χ1n) is 11.1. The van der Waals surface area contributed by atoms with Crippen LogP contribution in [0.4, 0.5) is 0 Å². The number of carbonyl (C=O) groups is 1. The zero-order valence-electron chi connectivity index (χ0n) is 18.2. The molecule has 0 spiro atoms. The Bertz CT molecular complexity index is 598. The number of rotatable bonds is 11. The van der Waals surface area contributed by atoms with Gasteiger partial charge in [-0.15, -0.1) is 0 Å². The number of guanidine groups is 1. The maximum atomic E-state index is 12.6. The number of likely N-dealkylation sites (tertiary alicyclic amines) is 1. The molecule has 0 aliphatic carbocycles. The highest BCUT2D eigenvalue weighted by Crippen LogP contribution is 2.21. The fraction of sp³-hybridized carbons (Fsp3) is 0.652. The number of nitrogens with one attached hydrogen (secondary N) is 2. The minimum absolute atomic E-state index is 0.122. The summed E-state index contributed by atoms with van der Waals surface area (Å²) in [5.74, 6) is 1.51. The van der Waals surface area contributed by atoms with E-state index in [0.717, 1.165) is 77.5 Å². The third kappa shape index (κ3) is 9.31. The molecule has 162 valence electrons. The molecule has 0 atom stereocenters. The molecule has 0 unspecified atom stereocenters. The van der Waals surface area contributed by atoms with Gasteiger partial charge < -0.3 is 20.3 Å². The Kier molecular flexibility index (Phi) is 11.2. The summed E-state index contributed by atoms with van der Waals surface area (Å²) in [4.78, 5) is 19.0. The van der Waals surface area contributed by atoms with E-state index in [0.29, 0.717) is 5.92 Å². The molecule has 0 aromatic heterocycles. The molecule has 0 bridgehead atoms. The van der Waals surface area contributed by atoms with Crippen LogP contribution in [0.2, 0.25) is 0 Å². The van der Waals surface area contributed by atoms with Gasteiger partial charge in [-0.1, -0.05) is 30.3 Å². The van der Waals surface area contributed by atoms with Crippen molar-refractivity contribution in [3.05, 3.63) is 35.9 Å². The lowest BCUT2D eigenvalue weighted by Gasteiger charge is -2.32. The molecule has 6 nitrogen and oxygen atoms in total. The maximum absolute atomic E-state index is 12.6. The van der Waals surface area contributed by atoms with Crippen molar-refractivity contribution in [3.8, 4) is 0 Å². The summed E-state index contributed by atoms with van der Waals surface area (Å²) in [6.07, 6.45) is 5.30. The maximum Gasteiger partial charge on any atom is 0.244 e. The fourth-order valence-corrected chi connectivity index (χ4v) is 3.60. The van der Waals surface area contributed by atoms with E-state index in [1.54, 1.807) is 0 Å². The van der Waals surface area contributed by atoms with Crippen LogP contribution in [0, 0.1) is 5.92 Å². The number of carbonyl (C=O) groups excluding carboxylic acids is 1. The first-order chi connectivity index (χ1) is 14.2. The standard InChI is InChI=1S/C23H38N4O2/c1-3-24-23(25-14-8-9-17-29-4-2)26-19-22(28)27-15-12-21(13-16-27)18-20-10-6-5-7-11-20/h5-7,10-11,21H,3-4,8-9,12-19H2,1-2H3,(H2,24,25,26). The number of hydrogen-bond acceptors (Lipinski definition) is 3. The van der Waals surface area contributed by atoms with Crippen LogP contribution in [0.1, 0.15) is 45.1 Å². The van der Waals surface area contributed by atoms with Gasteiger partial charge in [0.15, 0.2) is 5.96 Å². The zero-order valence-corrected chi connectivity index (χ0v) is 18.2. The van der Waals surface area contributed by atoms with Gasteiger partial charge in [-0.3, -0.25) is 4.79 Å². The van der Waals surface area contributed by atoms with Gasteiger partial charge in [0.25, 0.3) is 0 Å². The molecule has 2 rings (SSSR count). The molecular formula is C23H38N4O2. The minimum atomic E-state index is 0.122. The third-order valence-corrected chi connectivity index (χ3v) is 5.26. The van der Waals surface area contributed by atoms with Crippen molar-refractivity contribution in [2.24, 2.45) is 10.9 Å². The SMILES string of the molecule is CCNC(=NCC(=O)N1CCC(Cc2ccccc2)CC1)NCCCCOCC. The van der Waals surface area contributed by atoms with Crippen LogP contribution in [0.25, 0.3) is 0 Å². The second-order valence-corrected chi connectivity index (χ2v) is 7.54. The van der Waals surface area contributed by atoms with Crippen molar-refractivity contribution < 1.29 is 9.53 Å². The molecule has 1 aliphatic rings. The molecule has 1 amide bonds. The zero-order chi connectivity index (χ0) is 20.7. The van der Waals surface area contributed by atoms with E-state index >= 15 is 0 Å². The highest BCUT2D eigenvalue weighted by atomic mass is 16.5. The minimum Gasteiger partial charge on any atom is -0.382 e. The summed E-state index contributed by atoms with van der Waals surface area (Å²) in [7, 11) is 0. The lowest BCUT2D eigenvalue weighted by Crippen LogP contribution is -2.42. The summed E-state index contributed by atoms with van der Waals surface area (Å²) >= 11 is 0. The summed E-state index contributed by atoms with van der Waals surface area (Å²) in [5.41, 5.74) is 1.39. The van der Waals surface area contributed by atoms with Gasteiger partial charge in [-0.2, -0.15) is 0 Å². The van der Waals surface area contributed by atoms with Gasteiger partial charge in [0, 0.05) is 39.4 Å². The average molecular weight is 403 g/mol. The third-order valence-electron chi connectivity index (χ3n) is 5.26. The van der Waals surface area contributed by atoms with Gasteiger partial charge in [0.2, 0.25) is 5.91 Å². The van der Waals surface area contributed by atoms with E-state index in [1.807, 2.05) is 18.7 Å². The van der Waals surface area contributed by atoms with Crippen molar-refractivity contribution in [1.29, 1.82) is 0 Å². The van der Waals surface area contributed by atoms with E-state index in [2.05, 4.69) is 46.0 Å². The molecule has 1 aromatic carbocycles. The summed E-state index contributed by atoms with van der Waals surface area (Å²) < 4.78 is 5.35. The Morgan fingerprint density at radius 2 is 1.90 bits per heavy atom. The van der Waals surface area contributed by atoms with E-state index < -0.39 is 0 Å². The quantitative estimate of drug-likeness (QED) is 0.339. The number of amides is 1. The second kappa shape index (κ2) is 14.0.